The molecule has 0 saturated heterocycles. The van der Waals surface area contributed by atoms with E-state index in [1.54, 1.807) is 23.7 Å². The molecule has 2 N–H and O–H groups in total. The smallest absolute Gasteiger partial charge is 0.261 e. The fraction of sp³-hybridized carbons (Fsp3) is 0.0588. The second-order valence-electron chi connectivity index (χ2n) is 5.15. The lowest BCUT2D eigenvalue weighted by molar-refractivity contribution is 0.102. The number of thiazole rings is 1. The molecule has 2 aromatic carbocycles. The Morgan fingerprint density at radius 3 is 2.35 bits per heavy atom. The number of amides is 1. The van der Waals surface area contributed by atoms with Gasteiger partial charge < -0.3 is 4.74 Å². The molecule has 0 unspecified atom stereocenters. The van der Waals surface area contributed by atoms with Gasteiger partial charge >= 0.3 is 0 Å². The van der Waals surface area contributed by atoms with E-state index in [1.807, 2.05) is 0 Å². The highest BCUT2D eigenvalue weighted by atomic mass is 32.2. The van der Waals surface area contributed by atoms with Gasteiger partial charge in [0.2, 0.25) is 0 Å². The third-order valence-corrected chi connectivity index (χ3v) is 5.51. The number of carbonyl (C=O) groups is 1. The molecule has 134 valence electrons. The summed E-state index contributed by atoms with van der Waals surface area (Å²) in [7, 11) is -2.22. The van der Waals surface area contributed by atoms with Crippen molar-refractivity contribution in [3.05, 3.63) is 65.7 Å². The lowest BCUT2D eigenvalue weighted by Gasteiger charge is -2.09. The van der Waals surface area contributed by atoms with Crippen molar-refractivity contribution in [2.75, 3.05) is 17.1 Å². The molecule has 0 radical (unpaired) electrons. The monoisotopic (exact) mass is 389 g/mol. The third kappa shape index (κ3) is 4.19. The molecule has 0 fully saturated rings. The first kappa shape index (κ1) is 17.9. The minimum atomic E-state index is -3.73. The Hall–Kier alpha value is -2.91. The van der Waals surface area contributed by atoms with Crippen LogP contribution in [0.4, 0.5) is 10.8 Å². The maximum absolute atomic E-state index is 12.4. The Balaban J connectivity index is 1.70. The lowest BCUT2D eigenvalue weighted by atomic mass is 10.2. The molecule has 26 heavy (non-hydrogen) atoms. The first-order valence-electron chi connectivity index (χ1n) is 7.46. The van der Waals surface area contributed by atoms with Crippen molar-refractivity contribution in [2.24, 2.45) is 0 Å². The molecule has 1 amide bonds. The number of nitrogens with zero attached hydrogens (tertiary/aromatic N) is 1. The van der Waals surface area contributed by atoms with Gasteiger partial charge in [-0.1, -0.05) is 0 Å². The molecular weight excluding hydrogens is 374 g/mol. The fourth-order valence-corrected chi connectivity index (χ4v) is 3.70. The molecule has 1 heterocycles. The van der Waals surface area contributed by atoms with Gasteiger partial charge in [0.15, 0.2) is 5.13 Å². The lowest BCUT2D eigenvalue weighted by Crippen LogP contribution is -2.14. The van der Waals surface area contributed by atoms with Gasteiger partial charge in [0.25, 0.3) is 15.9 Å². The van der Waals surface area contributed by atoms with Crippen LogP contribution in [0.1, 0.15) is 10.4 Å². The van der Waals surface area contributed by atoms with Crippen LogP contribution in [0.5, 0.6) is 5.75 Å². The zero-order chi connectivity index (χ0) is 18.6. The summed E-state index contributed by atoms with van der Waals surface area (Å²) in [6.45, 7) is 0. The summed E-state index contributed by atoms with van der Waals surface area (Å²) in [5.74, 6) is 0.254. The van der Waals surface area contributed by atoms with Crippen LogP contribution in [-0.2, 0) is 10.0 Å². The van der Waals surface area contributed by atoms with Crippen LogP contribution in [0.15, 0.2) is 65.0 Å². The second kappa shape index (κ2) is 7.54. The number of rotatable bonds is 6. The van der Waals surface area contributed by atoms with E-state index >= 15 is 0 Å². The largest absolute Gasteiger partial charge is 0.497 e. The number of nitrogens with one attached hydrogen (secondary N) is 2. The SMILES string of the molecule is COc1ccc(S(=O)(=O)Nc2ccc(C(=O)Nc3nccs3)cc2)cc1. The second-order valence-corrected chi connectivity index (χ2v) is 7.73. The maximum atomic E-state index is 12.4. The van der Waals surface area contributed by atoms with Crippen molar-refractivity contribution in [2.45, 2.75) is 4.90 Å². The van der Waals surface area contributed by atoms with E-state index in [1.165, 1.54) is 54.8 Å². The van der Waals surface area contributed by atoms with Gasteiger partial charge in [0.05, 0.1) is 12.0 Å². The van der Waals surface area contributed by atoms with Gasteiger partial charge in [-0.2, -0.15) is 0 Å². The summed E-state index contributed by atoms with van der Waals surface area (Å²) in [6, 6.07) is 12.2. The van der Waals surface area contributed by atoms with Crippen molar-refractivity contribution < 1.29 is 17.9 Å². The van der Waals surface area contributed by atoms with Gasteiger partial charge in [0.1, 0.15) is 5.75 Å². The third-order valence-electron chi connectivity index (χ3n) is 3.42. The average Bonchev–Trinajstić information content (AvgIpc) is 3.15. The van der Waals surface area contributed by atoms with Crippen molar-refractivity contribution >= 4 is 38.1 Å². The molecule has 3 aromatic rings. The standard InChI is InChI=1S/C17H15N3O4S2/c1-24-14-6-8-15(9-7-14)26(22,23)20-13-4-2-12(3-5-13)16(21)19-17-18-10-11-25-17/h2-11,20H,1H3,(H,18,19,21). The van der Waals surface area contributed by atoms with E-state index in [4.69, 9.17) is 4.74 Å². The van der Waals surface area contributed by atoms with E-state index in [2.05, 4.69) is 15.0 Å². The number of aromatic nitrogens is 1. The number of hydrogen-bond donors (Lipinski definition) is 2. The van der Waals surface area contributed by atoms with Crippen LogP contribution in [0.2, 0.25) is 0 Å². The quantitative estimate of drug-likeness (QED) is 0.675. The van der Waals surface area contributed by atoms with Crippen LogP contribution in [0.3, 0.4) is 0 Å². The van der Waals surface area contributed by atoms with Crippen LogP contribution in [0, 0.1) is 0 Å². The predicted molar refractivity (Wildman–Crippen MR) is 100 cm³/mol. The molecule has 0 bridgehead atoms. The number of benzene rings is 2. The highest BCUT2D eigenvalue weighted by Crippen LogP contribution is 2.20. The first-order chi connectivity index (χ1) is 12.5. The normalized spacial score (nSPS) is 11.0. The van der Waals surface area contributed by atoms with E-state index in [0.29, 0.717) is 22.1 Å². The molecule has 0 aliphatic carbocycles. The number of anilines is 2. The van der Waals surface area contributed by atoms with Crippen molar-refractivity contribution in [1.29, 1.82) is 0 Å². The van der Waals surface area contributed by atoms with E-state index in [0.717, 1.165) is 0 Å². The number of ether oxygens (including phenoxy) is 1. The summed E-state index contributed by atoms with van der Waals surface area (Å²) in [5, 5.41) is 4.92. The molecule has 0 spiro atoms. The minimum absolute atomic E-state index is 0.115. The topological polar surface area (TPSA) is 97.4 Å². The number of methoxy groups -OCH3 is 1. The molecule has 0 aliphatic rings. The molecule has 0 atom stereocenters. The molecule has 0 saturated carbocycles. The van der Waals surface area contributed by atoms with Crippen molar-refractivity contribution in [3.63, 3.8) is 0 Å². The Kier molecular flexibility index (Phi) is 5.19. The minimum Gasteiger partial charge on any atom is -0.497 e. The summed E-state index contributed by atoms with van der Waals surface area (Å²) in [4.78, 5) is 16.2. The Morgan fingerprint density at radius 1 is 1.08 bits per heavy atom. The highest BCUT2D eigenvalue weighted by molar-refractivity contribution is 7.92. The fourth-order valence-electron chi connectivity index (χ4n) is 2.11. The Morgan fingerprint density at radius 2 is 1.77 bits per heavy atom. The number of sulfonamides is 1. The molecular formula is C17H15N3O4S2. The van der Waals surface area contributed by atoms with Crippen LogP contribution < -0.4 is 14.8 Å². The number of carbonyl (C=O) groups excluding carboxylic acids is 1. The van der Waals surface area contributed by atoms with E-state index in [-0.39, 0.29) is 10.8 Å². The van der Waals surface area contributed by atoms with Gasteiger partial charge in [-0.15, -0.1) is 11.3 Å². The summed E-state index contributed by atoms with van der Waals surface area (Å²) >= 11 is 1.31. The van der Waals surface area contributed by atoms with Crippen LogP contribution in [0.25, 0.3) is 0 Å². The van der Waals surface area contributed by atoms with Gasteiger partial charge in [-0.3, -0.25) is 14.8 Å². The summed E-state index contributed by atoms with van der Waals surface area (Å²) in [5.41, 5.74) is 0.749. The number of hydrogen-bond acceptors (Lipinski definition) is 6. The molecule has 0 aliphatic heterocycles. The van der Waals surface area contributed by atoms with Gasteiger partial charge in [0, 0.05) is 22.8 Å². The maximum Gasteiger partial charge on any atom is 0.261 e. The van der Waals surface area contributed by atoms with Crippen molar-refractivity contribution in [3.8, 4) is 5.75 Å². The Bertz CT molecular complexity index is 984. The first-order valence-corrected chi connectivity index (χ1v) is 9.82. The van der Waals surface area contributed by atoms with Crippen LogP contribution in [-0.4, -0.2) is 26.4 Å². The molecule has 1 aromatic heterocycles. The summed E-state index contributed by atoms with van der Waals surface area (Å²) in [6.07, 6.45) is 1.59. The molecule has 9 heteroatoms. The van der Waals surface area contributed by atoms with Gasteiger partial charge in [-0.25, -0.2) is 13.4 Å². The Labute approximate surface area is 154 Å². The zero-order valence-electron chi connectivity index (χ0n) is 13.7. The van der Waals surface area contributed by atoms with Crippen molar-refractivity contribution in [1.82, 2.24) is 4.98 Å². The van der Waals surface area contributed by atoms with E-state index < -0.39 is 10.0 Å². The highest BCUT2D eigenvalue weighted by Gasteiger charge is 2.15. The zero-order valence-corrected chi connectivity index (χ0v) is 15.3. The van der Waals surface area contributed by atoms with E-state index in [9.17, 15) is 13.2 Å². The van der Waals surface area contributed by atoms with Crippen LogP contribution >= 0.6 is 11.3 Å². The van der Waals surface area contributed by atoms with Gasteiger partial charge in [-0.05, 0) is 48.5 Å². The average molecular weight is 389 g/mol. The predicted octanol–water partition coefficient (Wildman–Crippen LogP) is 3.20. The molecule has 3 rings (SSSR count). The summed E-state index contributed by atoms with van der Waals surface area (Å²) < 4.78 is 32.3. The molecule has 7 nitrogen and oxygen atoms in total.